The lowest BCUT2D eigenvalue weighted by Gasteiger charge is -2.22. The summed E-state index contributed by atoms with van der Waals surface area (Å²) in [4.78, 5) is 12.5. The molecule has 1 aliphatic rings. The number of amides is 1. The van der Waals surface area contributed by atoms with Crippen LogP contribution >= 0.6 is 0 Å². The summed E-state index contributed by atoms with van der Waals surface area (Å²) in [6, 6.07) is 8.87. The van der Waals surface area contributed by atoms with Crippen LogP contribution in [0.3, 0.4) is 0 Å². The second kappa shape index (κ2) is 6.38. The van der Waals surface area contributed by atoms with Gasteiger partial charge in [0.15, 0.2) is 0 Å². The quantitative estimate of drug-likeness (QED) is 0.860. The number of methoxy groups -OCH3 is 1. The number of halogens is 2. The van der Waals surface area contributed by atoms with E-state index in [1.165, 1.54) is 12.1 Å². The molecule has 0 heterocycles. The Morgan fingerprint density at radius 1 is 1.19 bits per heavy atom. The van der Waals surface area contributed by atoms with Gasteiger partial charge in [-0.05, 0) is 54.2 Å². The average Bonchev–Trinajstić information content (AvgIpc) is 3.14. The summed E-state index contributed by atoms with van der Waals surface area (Å²) in [7, 11) is 1.58. The molecule has 0 aliphatic heterocycles. The zero-order valence-corrected chi connectivity index (χ0v) is 15.5. The molecule has 0 spiro atoms. The van der Waals surface area contributed by atoms with Crippen molar-refractivity contribution in [3.05, 3.63) is 64.7 Å². The lowest BCUT2D eigenvalue weighted by atomic mass is 9.87. The predicted molar refractivity (Wildman–Crippen MR) is 96.5 cm³/mol. The predicted octanol–water partition coefficient (Wildman–Crippen LogP) is 4.38. The van der Waals surface area contributed by atoms with Gasteiger partial charge in [-0.15, -0.1) is 0 Å². The van der Waals surface area contributed by atoms with Crippen LogP contribution in [0.1, 0.15) is 41.8 Å². The number of hydrogen-bond acceptors (Lipinski definition) is 2. The van der Waals surface area contributed by atoms with Crippen LogP contribution in [0, 0.1) is 24.0 Å². The van der Waals surface area contributed by atoms with Gasteiger partial charge in [-0.1, -0.05) is 19.9 Å². The lowest BCUT2D eigenvalue weighted by molar-refractivity contribution is 0.0947. The molecule has 2 aromatic carbocycles. The summed E-state index contributed by atoms with van der Waals surface area (Å²) in [6.45, 7) is 6.22. The number of rotatable bonds is 5. The highest BCUT2D eigenvalue weighted by atomic mass is 19.1. The summed E-state index contributed by atoms with van der Waals surface area (Å²) in [5, 5.41) is 2.92. The van der Waals surface area contributed by atoms with Crippen LogP contribution in [0.4, 0.5) is 8.78 Å². The van der Waals surface area contributed by atoms with Gasteiger partial charge in [0.1, 0.15) is 17.4 Å². The molecule has 0 bridgehead atoms. The molecule has 1 saturated carbocycles. The first-order valence-electron chi connectivity index (χ1n) is 8.58. The molecule has 5 heteroatoms. The monoisotopic (exact) mass is 359 g/mol. The highest BCUT2D eigenvalue weighted by molar-refractivity contribution is 5.94. The Balaban J connectivity index is 1.80. The maximum atomic E-state index is 14.3. The van der Waals surface area contributed by atoms with Crippen molar-refractivity contribution in [1.29, 1.82) is 0 Å². The molecule has 0 radical (unpaired) electrons. The van der Waals surface area contributed by atoms with Crippen LogP contribution in [0.15, 0.2) is 36.4 Å². The Labute approximate surface area is 152 Å². The van der Waals surface area contributed by atoms with Crippen LogP contribution < -0.4 is 10.1 Å². The third kappa shape index (κ3) is 3.06. The van der Waals surface area contributed by atoms with E-state index in [2.05, 4.69) is 5.32 Å². The van der Waals surface area contributed by atoms with Gasteiger partial charge in [0.25, 0.3) is 5.91 Å². The lowest BCUT2D eigenvalue weighted by Crippen LogP contribution is -2.35. The molecule has 1 aliphatic carbocycles. The number of ether oxygens (including phenoxy) is 1. The van der Waals surface area contributed by atoms with Crippen molar-refractivity contribution in [1.82, 2.24) is 5.32 Å². The minimum absolute atomic E-state index is 0.172. The molecule has 1 unspecified atom stereocenters. The number of aryl methyl sites for hydroxylation is 1. The van der Waals surface area contributed by atoms with Gasteiger partial charge in [0.2, 0.25) is 0 Å². The Hall–Kier alpha value is -2.43. The van der Waals surface area contributed by atoms with E-state index in [4.69, 9.17) is 4.74 Å². The van der Waals surface area contributed by atoms with Gasteiger partial charge in [0.05, 0.1) is 7.11 Å². The van der Waals surface area contributed by atoms with E-state index in [9.17, 15) is 13.6 Å². The first-order chi connectivity index (χ1) is 12.2. The SMILES string of the molecule is COc1ccc(C(=O)NCC2(c3ccc(F)cc3F)CC2(C)C)cc1C. The number of carbonyl (C=O) groups excluding carboxylic acids is 1. The summed E-state index contributed by atoms with van der Waals surface area (Å²) >= 11 is 0. The smallest absolute Gasteiger partial charge is 0.251 e. The normalized spacial score (nSPS) is 20.5. The van der Waals surface area contributed by atoms with Gasteiger partial charge in [-0.3, -0.25) is 4.79 Å². The van der Waals surface area contributed by atoms with E-state index >= 15 is 0 Å². The molecule has 1 fully saturated rings. The van der Waals surface area contributed by atoms with Gasteiger partial charge in [-0.2, -0.15) is 0 Å². The highest BCUT2D eigenvalue weighted by Crippen LogP contribution is 2.64. The molecule has 1 atom stereocenters. The van der Waals surface area contributed by atoms with E-state index < -0.39 is 17.0 Å². The molecule has 0 aromatic heterocycles. The highest BCUT2D eigenvalue weighted by Gasteiger charge is 2.62. The minimum Gasteiger partial charge on any atom is -0.496 e. The zero-order chi connectivity index (χ0) is 19.1. The second-order valence-corrected chi connectivity index (χ2v) is 7.63. The van der Waals surface area contributed by atoms with Crippen LogP contribution in [0.5, 0.6) is 5.75 Å². The van der Waals surface area contributed by atoms with Crippen molar-refractivity contribution >= 4 is 5.91 Å². The Morgan fingerprint density at radius 3 is 2.42 bits per heavy atom. The summed E-state index contributed by atoms with van der Waals surface area (Å²) in [6.07, 6.45) is 0.727. The zero-order valence-electron chi connectivity index (χ0n) is 15.5. The molecule has 3 nitrogen and oxygen atoms in total. The van der Waals surface area contributed by atoms with Crippen molar-refractivity contribution in [2.45, 2.75) is 32.6 Å². The van der Waals surface area contributed by atoms with E-state index in [0.717, 1.165) is 23.8 Å². The molecule has 3 rings (SSSR count). The molecule has 2 aromatic rings. The van der Waals surface area contributed by atoms with Crippen LogP contribution in [-0.4, -0.2) is 19.6 Å². The number of carbonyl (C=O) groups is 1. The van der Waals surface area contributed by atoms with Crippen molar-refractivity contribution in [2.75, 3.05) is 13.7 Å². The molecular formula is C21H23F2NO2. The van der Waals surface area contributed by atoms with Crippen LogP contribution in [-0.2, 0) is 5.41 Å². The summed E-state index contributed by atoms with van der Waals surface area (Å²) in [5.74, 6) is -0.669. The van der Waals surface area contributed by atoms with E-state index in [1.807, 2.05) is 20.8 Å². The molecule has 1 N–H and O–H groups in total. The number of hydrogen-bond donors (Lipinski definition) is 1. The van der Waals surface area contributed by atoms with Crippen molar-refractivity contribution < 1.29 is 18.3 Å². The number of benzene rings is 2. The minimum atomic E-state index is -0.599. The van der Waals surface area contributed by atoms with E-state index in [0.29, 0.717) is 17.7 Å². The molecular weight excluding hydrogens is 336 g/mol. The maximum absolute atomic E-state index is 14.3. The Morgan fingerprint density at radius 2 is 1.88 bits per heavy atom. The summed E-state index contributed by atoms with van der Waals surface area (Å²) in [5.41, 5.74) is 1.15. The van der Waals surface area contributed by atoms with Gasteiger partial charge >= 0.3 is 0 Å². The molecule has 0 saturated heterocycles. The average molecular weight is 359 g/mol. The Bertz CT molecular complexity index is 863. The number of nitrogens with one attached hydrogen (secondary N) is 1. The third-order valence-corrected chi connectivity index (χ3v) is 5.57. The summed E-state index contributed by atoms with van der Waals surface area (Å²) < 4.78 is 32.8. The fraction of sp³-hybridized carbons (Fsp3) is 0.381. The molecule has 1 amide bonds. The van der Waals surface area contributed by atoms with Crippen LogP contribution in [0.25, 0.3) is 0 Å². The third-order valence-electron chi connectivity index (χ3n) is 5.57. The fourth-order valence-corrected chi connectivity index (χ4v) is 3.80. The van der Waals surface area contributed by atoms with E-state index in [1.54, 1.807) is 25.3 Å². The van der Waals surface area contributed by atoms with Crippen molar-refractivity contribution in [2.24, 2.45) is 5.41 Å². The van der Waals surface area contributed by atoms with E-state index in [-0.39, 0.29) is 11.3 Å². The fourth-order valence-electron chi connectivity index (χ4n) is 3.80. The first-order valence-corrected chi connectivity index (χ1v) is 8.58. The first kappa shape index (κ1) is 18.4. The standard InChI is InChI=1S/C21H23F2NO2/c1-13-9-14(5-8-18(13)26-4)19(25)24-12-21(11-20(21,2)3)16-7-6-15(22)10-17(16)23/h5-10H,11-12H2,1-4H3,(H,24,25). The second-order valence-electron chi connectivity index (χ2n) is 7.63. The molecule has 26 heavy (non-hydrogen) atoms. The Kier molecular flexibility index (Phi) is 4.51. The topological polar surface area (TPSA) is 38.3 Å². The van der Waals surface area contributed by atoms with Crippen LogP contribution in [0.2, 0.25) is 0 Å². The largest absolute Gasteiger partial charge is 0.496 e. The maximum Gasteiger partial charge on any atom is 0.251 e. The van der Waals surface area contributed by atoms with Crippen molar-refractivity contribution in [3.63, 3.8) is 0 Å². The van der Waals surface area contributed by atoms with Gasteiger partial charge < -0.3 is 10.1 Å². The van der Waals surface area contributed by atoms with Gasteiger partial charge in [0, 0.05) is 23.6 Å². The molecule has 138 valence electrons. The van der Waals surface area contributed by atoms with Crippen molar-refractivity contribution in [3.8, 4) is 5.75 Å². The van der Waals surface area contributed by atoms with Gasteiger partial charge in [-0.25, -0.2) is 8.78 Å².